The van der Waals surface area contributed by atoms with Gasteiger partial charge in [0, 0.05) is 18.9 Å². The van der Waals surface area contributed by atoms with Crippen LogP contribution in [0.25, 0.3) is 5.82 Å². The number of aliphatic carboxylic acids is 1. The number of ether oxygens (including phenoxy) is 2. The fourth-order valence-corrected chi connectivity index (χ4v) is 4.09. The average Bonchev–Trinajstić information content (AvgIpc) is 3.24. The van der Waals surface area contributed by atoms with Gasteiger partial charge in [0.05, 0.1) is 5.69 Å². The molecular formula is C26H36N4O6. The van der Waals surface area contributed by atoms with Crippen LogP contribution in [0.3, 0.4) is 0 Å². The highest BCUT2D eigenvalue weighted by molar-refractivity contribution is 5.88. The molecule has 1 fully saturated rings. The summed E-state index contributed by atoms with van der Waals surface area (Å²) in [6.45, 7) is 12.3. The maximum absolute atomic E-state index is 12.7. The van der Waals surface area contributed by atoms with Crippen molar-refractivity contribution >= 4 is 18.2 Å². The van der Waals surface area contributed by atoms with Crippen molar-refractivity contribution in [3.05, 3.63) is 42.1 Å². The fraction of sp³-hybridized carbons (Fsp3) is 0.577. The minimum Gasteiger partial charge on any atom is -0.481 e. The van der Waals surface area contributed by atoms with E-state index in [1.807, 2.05) is 19.1 Å². The minimum atomic E-state index is -1.10. The van der Waals surface area contributed by atoms with E-state index in [2.05, 4.69) is 9.97 Å². The van der Waals surface area contributed by atoms with E-state index in [0.29, 0.717) is 30.8 Å². The number of imide groups is 1. The molecule has 10 nitrogen and oxygen atoms in total. The second-order valence-electron chi connectivity index (χ2n) is 11.3. The van der Waals surface area contributed by atoms with Crippen LogP contribution in [-0.4, -0.2) is 60.4 Å². The summed E-state index contributed by atoms with van der Waals surface area (Å²) >= 11 is 0. The highest BCUT2D eigenvalue weighted by Crippen LogP contribution is 2.56. The quantitative estimate of drug-likeness (QED) is 0.571. The Morgan fingerprint density at radius 1 is 1.11 bits per heavy atom. The lowest BCUT2D eigenvalue weighted by Crippen LogP contribution is -2.44. The zero-order valence-corrected chi connectivity index (χ0v) is 22.1. The first kappa shape index (κ1) is 27.2. The molecule has 1 aliphatic rings. The molecule has 1 aliphatic carbocycles. The standard InChI is InChI=1S/C26H36N4O6/c1-17-10-11-27-20(13-17)29-15-19(28-16-29)26(21(31)32)14-18(26)9-8-12-30(22(33)35-24(2,3)4)23(34)36-25(5,6)7/h10-11,13,15-16,18H,8-9,12,14H2,1-7H3,(H,31,32). The molecule has 1 saturated carbocycles. The Kier molecular flexibility index (Phi) is 7.48. The number of hydrogen-bond donors (Lipinski definition) is 1. The van der Waals surface area contributed by atoms with E-state index in [0.717, 1.165) is 10.5 Å². The summed E-state index contributed by atoms with van der Waals surface area (Å²) < 4.78 is 12.5. The van der Waals surface area contributed by atoms with Crippen molar-refractivity contribution in [3.8, 4) is 5.82 Å². The van der Waals surface area contributed by atoms with Gasteiger partial charge in [-0.25, -0.2) is 24.5 Å². The van der Waals surface area contributed by atoms with Crippen LogP contribution in [0.4, 0.5) is 9.59 Å². The molecule has 0 aromatic carbocycles. The first-order chi connectivity index (χ1) is 16.6. The van der Waals surface area contributed by atoms with Gasteiger partial charge >= 0.3 is 18.2 Å². The molecule has 2 aromatic heterocycles. The van der Waals surface area contributed by atoms with Crippen molar-refractivity contribution in [1.29, 1.82) is 0 Å². The molecular weight excluding hydrogens is 464 g/mol. The Hall–Kier alpha value is -3.43. The molecule has 2 aromatic rings. The zero-order valence-electron chi connectivity index (χ0n) is 22.1. The van der Waals surface area contributed by atoms with Crippen molar-refractivity contribution < 1.29 is 29.0 Å². The van der Waals surface area contributed by atoms with Gasteiger partial charge in [-0.2, -0.15) is 0 Å². The first-order valence-electron chi connectivity index (χ1n) is 12.1. The van der Waals surface area contributed by atoms with Crippen molar-refractivity contribution in [2.75, 3.05) is 6.54 Å². The molecule has 10 heteroatoms. The zero-order chi connectivity index (χ0) is 26.9. The van der Waals surface area contributed by atoms with E-state index in [1.165, 1.54) is 0 Å². The lowest BCUT2D eigenvalue weighted by atomic mass is 9.97. The van der Waals surface area contributed by atoms with Crippen LogP contribution in [-0.2, 0) is 19.7 Å². The number of aromatic nitrogens is 3. The molecule has 2 heterocycles. The first-order valence-corrected chi connectivity index (χ1v) is 12.1. The number of carboxylic acids is 1. The largest absolute Gasteiger partial charge is 0.481 e. The van der Waals surface area contributed by atoms with Gasteiger partial charge in [-0.3, -0.25) is 9.36 Å². The number of hydrogen-bond acceptors (Lipinski definition) is 7. The van der Waals surface area contributed by atoms with Crippen LogP contribution in [0.15, 0.2) is 30.9 Å². The maximum Gasteiger partial charge on any atom is 0.419 e. The number of carbonyl (C=O) groups excluding carboxylic acids is 2. The second-order valence-corrected chi connectivity index (χ2v) is 11.3. The second kappa shape index (κ2) is 9.91. The molecule has 0 aliphatic heterocycles. The molecule has 36 heavy (non-hydrogen) atoms. The monoisotopic (exact) mass is 500 g/mol. The predicted octanol–water partition coefficient (Wildman–Crippen LogP) is 4.87. The average molecular weight is 501 g/mol. The molecule has 1 N–H and O–H groups in total. The summed E-state index contributed by atoms with van der Waals surface area (Å²) in [7, 11) is 0. The lowest BCUT2D eigenvalue weighted by molar-refractivity contribution is -0.140. The smallest absolute Gasteiger partial charge is 0.419 e. The molecule has 2 amide bonds. The Morgan fingerprint density at radius 2 is 1.72 bits per heavy atom. The molecule has 3 rings (SSSR count). The van der Waals surface area contributed by atoms with Crippen LogP contribution in [0.5, 0.6) is 0 Å². The molecule has 0 bridgehead atoms. The maximum atomic E-state index is 12.7. The van der Waals surface area contributed by atoms with Crippen molar-refractivity contribution in [1.82, 2.24) is 19.4 Å². The van der Waals surface area contributed by atoms with Gasteiger partial charge < -0.3 is 14.6 Å². The number of aryl methyl sites for hydroxylation is 1. The van der Waals surface area contributed by atoms with E-state index in [9.17, 15) is 19.5 Å². The number of imidazole rings is 1. The number of rotatable bonds is 7. The molecule has 2 atom stereocenters. The third kappa shape index (κ3) is 6.41. The Balaban J connectivity index is 1.69. The third-order valence-corrected chi connectivity index (χ3v) is 5.85. The van der Waals surface area contributed by atoms with Gasteiger partial charge in [-0.1, -0.05) is 0 Å². The molecule has 0 saturated heterocycles. The number of nitrogens with zero attached hydrogens (tertiary/aromatic N) is 4. The number of pyridine rings is 1. The lowest BCUT2D eigenvalue weighted by Gasteiger charge is -2.28. The molecule has 2 unspecified atom stereocenters. The van der Waals surface area contributed by atoms with Gasteiger partial charge in [-0.15, -0.1) is 0 Å². The summed E-state index contributed by atoms with van der Waals surface area (Å²) in [5.41, 5.74) is -1.15. The van der Waals surface area contributed by atoms with Gasteiger partial charge in [0.15, 0.2) is 0 Å². The normalized spacial score (nSPS) is 19.5. The van der Waals surface area contributed by atoms with E-state index in [-0.39, 0.29) is 12.5 Å². The fourth-order valence-electron chi connectivity index (χ4n) is 4.09. The van der Waals surface area contributed by atoms with Gasteiger partial charge in [-0.05, 0) is 91.3 Å². The van der Waals surface area contributed by atoms with Gasteiger partial charge in [0.2, 0.25) is 0 Å². The van der Waals surface area contributed by atoms with Gasteiger partial charge in [0.1, 0.15) is 28.8 Å². The van der Waals surface area contributed by atoms with Crippen LogP contribution < -0.4 is 0 Å². The Labute approximate surface area is 211 Å². The van der Waals surface area contributed by atoms with Crippen LogP contribution in [0.2, 0.25) is 0 Å². The van der Waals surface area contributed by atoms with Crippen molar-refractivity contribution in [2.24, 2.45) is 5.92 Å². The molecule has 196 valence electrons. The summed E-state index contributed by atoms with van der Waals surface area (Å²) in [6.07, 6.45) is 4.72. The molecule has 0 spiro atoms. The van der Waals surface area contributed by atoms with Crippen LogP contribution in [0.1, 0.15) is 72.1 Å². The van der Waals surface area contributed by atoms with Gasteiger partial charge in [0.25, 0.3) is 0 Å². The number of carboxylic acid groups (broad SMARTS) is 1. The van der Waals surface area contributed by atoms with Crippen molar-refractivity contribution in [2.45, 2.75) is 84.3 Å². The Morgan fingerprint density at radius 3 is 2.25 bits per heavy atom. The predicted molar refractivity (Wildman–Crippen MR) is 132 cm³/mol. The number of amides is 2. The highest BCUT2D eigenvalue weighted by atomic mass is 16.6. The summed E-state index contributed by atoms with van der Waals surface area (Å²) in [6, 6.07) is 3.78. The van der Waals surface area contributed by atoms with Crippen LogP contribution in [0, 0.1) is 12.8 Å². The topological polar surface area (TPSA) is 124 Å². The van der Waals surface area contributed by atoms with Crippen LogP contribution >= 0.6 is 0 Å². The third-order valence-electron chi connectivity index (χ3n) is 5.85. The van der Waals surface area contributed by atoms with E-state index < -0.39 is 34.8 Å². The van der Waals surface area contributed by atoms with E-state index >= 15 is 0 Å². The molecule has 0 radical (unpaired) electrons. The minimum absolute atomic E-state index is 0.0533. The Bertz CT molecular complexity index is 1100. The summed E-state index contributed by atoms with van der Waals surface area (Å²) in [4.78, 5) is 47.3. The number of carbonyl (C=O) groups is 3. The summed E-state index contributed by atoms with van der Waals surface area (Å²) in [5.74, 6) is -0.453. The van der Waals surface area contributed by atoms with E-state index in [4.69, 9.17) is 9.47 Å². The van der Waals surface area contributed by atoms with E-state index in [1.54, 1.807) is 64.8 Å². The summed E-state index contributed by atoms with van der Waals surface area (Å²) in [5, 5.41) is 10.1. The highest BCUT2D eigenvalue weighted by Gasteiger charge is 2.62. The SMILES string of the molecule is Cc1ccnc(-n2cnc(C3(C(=O)O)CC3CCCN(C(=O)OC(C)(C)C)C(=O)OC(C)(C)C)c2)c1. The van der Waals surface area contributed by atoms with Crippen molar-refractivity contribution in [3.63, 3.8) is 0 Å².